The highest BCUT2D eigenvalue weighted by molar-refractivity contribution is 5.75. The molecule has 0 unspecified atom stereocenters. The quantitative estimate of drug-likeness (QED) is 0.0377. The smallest absolute Gasteiger partial charge is 0.320 e. The number of nitrogens with zero attached hydrogens (tertiary/aromatic N) is 1. The van der Waals surface area contributed by atoms with Gasteiger partial charge in [-0.3, -0.25) is 19.3 Å². The summed E-state index contributed by atoms with van der Waals surface area (Å²) in [6.45, 7) is 6.70. The van der Waals surface area contributed by atoms with E-state index in [-0.39, 0.29) is 12.8 Å². The fraction of sp³-hybridized carbons (Fsp3) is 0.936. The van der Waals surface area contributed by atoms with E-state index in [1.54, 1.807) is 0 Å². The van der Waals surface area contributed by atoms with Crippen LogP contribution >= 0.6 is 0 Å². The maximum Gasteiger partial charge on any atom is 0.320 e. The van der Waals surface area contributed by atoms with E-state index in [1.807, 2.05) is 0 Å². The summed E-state index contributed by atoms with van der Waals surface area (Å²) in [4.78, 5) is 35.5. The predicted molar refractivity (Wildman–Crippen MR) is 237 cm³/mol. The minimum atomic E-state index is -0.933. The Morgan fingerprint density at radius 3 is 0.982 bits per heavy atom. The Bertz CT molecular complexity index is 809. The molecule has 7 N–H and O–H groups in total. The van der Waals surface area contributed by atoms with Crippen LogP contribution in [0.1, 0.15) is 251 Å². The molecule has 0 spiro atoms. The van der Waals surface area contributed by atoms with E-state index < -0.39 is 30.0 Å². The minimum absolute atomic E-state index is 0.0780. The molecule has 0 fully saturated rings. The summed E-state index contributed by atoms with van der Waals surface area (Å²) in [6.07, 6.45) is 44.8. The van der Waals surface area contributed by atoms with Crippen molar-refractivity contribution < 1.29 is 29.7 Å². The van der Waals surface area contributed by atoms with E-state index in [0.717, 1.165) is 51.6 Å². The fourth-order valence-corrected chi connectivity index (χ4v) is 7.50. The van der Waals surface area contributed by atoms with Gasteiger partial charge in [-0.05, 0) is 51.7 Å². The SMILES string of the molecule is CCCCCCCCCCCCCCCCCCN(CCCCCCCCCCCCCCCCCC)[C@@H](CCC(=O)O)C(=O)O.NCCCC[C@H](N)C(=O)O. The second-order valence-electron chi connectivity index (χ2n) is 16.7. The summed E-state index contributed by atoms with van der Waals surface area (Å²) < 4.78 is 0. The molecule has 0 heterocycles. The van der Waals surface area contributed by atoms with Gasteiger partial charge in [0.2, 0.25) is 0 Å². The highest BCUT2D eigenvalue weighted by Crippen LogP contribution is 2.17. The standard InChI is InChI=1S/C41H81NO4.C6H14N2O2/c1-3-5-7-9-11-13-15-17-19-21-23-25-27-29-31-33-37-42(39(41(45)46)35-36-40(43)44)38-34-32-30-28-26-24-22-20-18-16-14-12-10-8-6-4-2;7-4-2-1-3-5(8)6(9)10/h39H,3-38H2,1-2H3,(H,43,44)(H,45,46);5H,1-4,7-8H2,(H,9,10)/t39-;5-/m00/s1. The first-order valence-corrected chi connectivity index (χ1v) is 24.1. The summed E-state index contributed by atoms with van der Waals surface area (Å²) in [6, 6.07) is -1.39. The second-order valence-corrected chi connectivity index (χ2v) is 16.7. The van der Waals surface area contributed by atoms with Crippen molar-refractivity contribution in [3.63, 3.8) is 0 Å². The summed E-state index contributed by atoms with van der Waals surface area (Å²) in [5.74, 6) is -2.71. The summed E-state index contributed by atoms with van der Waals surface area (Å²) in [7, 11) is 0. The normalized spacial score (nSPS) is 12.4. The van der Waals surface area contributed by atoms with Crippen LogP contribution in [0.3, 0.4) is 0 Å². The van der Waals surface area contributed by atoms with Crippen molar-refractivity contribution in [2.24, 2.45) is 11.5 Å². The molecule has 0 aromatic rings. The van der Waals surface area contributed by atoms with Gasteiger partial charge in [0.1, 0.15) is 12.1 Å². The number of unbranched alkanes of at least 4 members (excludes halogenated alkanes) is 31. The van der Waals surface area contributed by atoms with Crippen LogP contribution in [0.5, 0.6) is 0 Å². The zero-order valence-electron chi connectivity index (χ0n) is 37.1. The van der Waals surface area contributed by atoms with Gasteiger partial charge in [0, 0.05) is 6.42 Å². The molecule has 0 aliphatic rings. The Labute approximate surface area is 346 Å². The third kappa shape index (κ3) is 43.4. The zero-order chi connectivity index (χ0) is 41.7. The van der Waals surface area contributed by atoms with Crippen LogP contribution in [0.25, 0.3) is 0 Å². The number of hydrogen-bond donors (Lipinski definition) is 5. The Hall–Kier alpha value is -1.71. The van der Waals surface area contributed by atoms with Crippen LogP contribution in [0.2, 0.25) is 0 Å². The van der Waals surface area contributed by atoms with Crippen LogP contribution in [0, 0.1) is 0 Å². The first-order chi connectivity index (χ1) is 27.2. The van der Waals surface area contributed by atoms with Crippen LogP contribution in [-0.2, 0) is 14.4 Å². The molecular weight excluding hydrogens is 703 g/mol. The Morgan fingerprint density at radius 2 is 0.732 bits per heavy atom. The summed E-state index contributed by atoms with van der Waals surface area (Å²) in [5.41, 5.74) is 10.4. The predicted octanol–water partition coefficient (Wildman–Crippen LogP) is 12.7. The Kier molecular flexibility index (Phi) is 46.3. The lowest BCUT2D eigenvalue weighted by molar-refractivity contribution is -0.144. The first kappa shape index (κ1) is 56.4. The van der Waals surface area contributed by atoms with Crippen molar-refractivity contribution in [2.45, 2.75) is 264 Å². The molecule has 56 heavy (non-hydrogen) atoms. The lowest BCUT2D eigenvalue weighted by Crippen LogP contribution is -2.42. The van der Waals surface area contributed by atoms with Crippen LogP contribution in [0.4, 0.5) is 0 Å². The topological polar surface area (TPSA) is 167 Å². The maximum atomic E-state index is 12.1. The van der Waals surface area contributed by atoms with Gasteiger partial charge in [-0.1, -0.05) is 213 Å². The third-order valence-corrected chi connectivity index (χ3v) is 11.2. The minimum Gasteiger partial charge on any atom is -0.481 e. The van der Waals surface area contributed by atoms with E-state index in [0.29, 0.717) is 13.0 Å². The number of nitrogens with two attached hydrogens (primary N) is 2. The monoisotopic (exact) mass is 798 g/mol. The van der Waals surface area contributed by atoms with Crippen LogP contribution in [0.15, 0.2) is 0 Å². The zero-order valence-corrected chi connectivity index (χ0v) is 37.1. The van der Waals surface area contributed by atoms with Crippen molar-refractivity contribution in [3.05, 3.63) is 0 Å². The highest BCUT2D eigenvalue weighted by atomic mass is 16.4. The van der Waals surface area contributed by atoms with Crippen molar-refractivity contribution in [3.8, 4) is 0 Å². The molecule has 0 radical (unpaired) electrons. The van der Waals surface area contributed by atoms with Gasteiger partial charge in [0.25, 0.3) is 0 Å². The summed E-state index contributed by atoms with van der Waals surface area (Å²) in [5, 5.41) is 27.4. The lowest BCUT2D eigenvalue weighted by atomic mass is 10.0. The molecule has 2 atom stereocenters. The van der Waals surface area contributed by atoms with Gasteiger partial charge < -0.3 is 26.8 Å². The van der Waals surface area contributed by atoms with Crippen LogP contribution in [-0.4, -0.2) is 69.8 Å². The number of carbonyl (C=O) groups is 3. The van der Waals surface area contributed by atoms with E-state index in [9.17, 15) is 19.5 Å². The number of aliphatic carboxylic acids is 3. The van der Waals surface area contributed by atoms with Gasteiger partial charge in [0.05, 0.1) is 0 Å². The molecule has 0 bridgehead atoms. The van der Waals surface area contributed by atoms with Crippen molar-refractivity contribution in [1.82, 2.24) is 4.90 Å². The van der Waals surface area contributed by atoms with Crippen molar-refractivity contribution >= 4 is 17.9 Å². The summed E-state index contributed by atoms with van der Waals surface area (Å²) >= 11 is 0. The number of rotatable bonds is 44. The first-order valence-electron chi connectivity index (χ1n) is 24.1. The second kappa shape index (κ2) is 46.0. The Balaban J connectivity index is 0. The van der Waals surface area contributed by atoms with Crippen LogP contribution < -0.4 is 11.5 Å². The van der Waals surface area contributed by atoms with Gasteiger partial charge in [-0.25, -0.2) is 0 Å². The van der Waals surface area contributed by atoms with Gasteiger partial charge in [-0.15, -0.1) is 0 Å². The molecule has 334 valence electrons. The van der Waals surface area contributed by atoms with E-state index in [1.165, 1.54) is 180 Å². The molecule has 0 rings (SSSR count). The number of carboxylic acids is 3. The van der Waals surface area contributed by atoms with Gasteiger partial charge >= 0.3 is 17.9 Å². The fourth-order valence-electron chi connectivity index (χ4n) is 7.50. The van der Waals surface area contributed by atoms with Crippen molar-refractivity contribution in [2.75, 3.05) is 19.6 Å². The third-order valence-electron chi connectivity index (χ3n) is 11.2. The lowest BCUT2D eigenvalue weighted by Gasteiger charge is -2.28. The van der Waals surface area contributed by atoms with Gasteiger partial charge in [0.15, 0.2) is 0 Å². The number of carboxylic acid groups (broad SMARTS) is 3. The molecule has 0 aromatic heterocycles. The van der Waals surface area contributed by atoms with E-state index >= 15 is 0 Å². The molecule has 0 aliphatic carbocycles. The molecule has 9 nitrogen and oxygen atoms in total. The molecule has 0 saturated heterocycles. The molecular formula is C47H95N3O6. The average molecular weight is 798 g/mol. The maximum absolute atomic E-state index is 12.1. The highest BCUT2D eigenvalue weighted by Gasteiger charge is 2.25. The van der Waals surface area contributed by atoms with Gasteiger partial charge in [-0.2, -0.15) is 0 Å². The largest absolute Gasteiger partial charge is 0.481 e. The average Bonchev–Trinajstić information content (AvgIpc) is 3.17. The van der Waals surface area contributed by atoms with Crippen molar-refractivity contribution in [1.29, 1.82) is 0 Å². The Morgan fingerprint density at radius 1 is 0.429 bits per heavy atom. The number of hydrogen-bond acceptors (Lipinski definition) is 6. The molecule has 0 aliphatic heterocycles. The molecule has 0 saturated carbocycles. The van der Waals surface area contributed by atoms with E-state index in [2.05, 4.69) is 18.7 Å². The van der Waals surface area contributed by atoms with E-state index in [4.69, 9.17) is 21.7 Å². The molecule has 0 amide bonds. The molecule has 9 heteroatoms. The molecule has 0 aromatic carbocycles.